The fourth-order valence-corrected chi connectivity index (χ4v) is 2.81. The molecule has 2 aromatic heterocycles. The standard InChI is InChI=1S/C17H24N6O2/c1-14-12-21-23(13-14)9-3-8-20-17(24)22-10-4-15(5-11-22)25-16-18-6-2-7-19-16/h2,6-7,12-13,15H,3-5,8-11H2,1H3,(H,20,24). The van der Waals surface area contributed by atoms with Crippen LogP contribution in [0.4, 0.5) is 4.79 Å². The number of amides is 2. The Morgan fingerprint density at radius 3 is 2.76 bits per heavy atom. The molecule has 2 aromatic rings. The fraction of sp³-hybridized carbons (Fsp3) is 0.529. The van der Waals surface area contributed by atoms with Gasteiger partial charge >= 0.3 is 12.0 Å². The predicted molar refractivity (Wildman–Crippen MR) is 92.2 cm³/mol. The summed E-state index contributed by atoms with van der Waals surface area (Å²) in [6.07, 6.45) is 9.67. The zero-order valence-electron chi connectivity index (χ0n) is 14.5. The van der Waals surface area contributed by atoms with Crippen LogP contribution in [0.25, 0.3) is 0 Å². The molecule has 0 radical (unpaired) electrons. The molecular formula is C17H24N6O2. The first-order valence-electron chi connectivity index (χ1n) is 8.66. The summed E-state index contributed by atoms with van der Waals surface area (Å²) in [5.41, 5.74) is 1.15. The maximum absolute atomic E-state index is 12.2. The smallest absolute Gasteiger partial charge is 0.317 e. The number of aryl methyl sites for hydroxylation is 2. The molecule has 0 unspecified atom stereocenters. The van der Waals surface area contributed by atoms with Gasteiger partial charge < -0.3 is 15.0 Å². The molecular weight excluding hydrogens is 320 g/mol. The molecule has 0 bridgehead atoms. The Balaban J connectivity index is 1.32. The van der Waals surface area contributed by atoms with Gasteiger partial charge in [0.15, 0.2) is 0 Å². The summed E-state index contributed by atoms with van der Waals surface area (Å²) in [6.45, 7) is 4.83. The number of rotatable bonds is 6. The van der Waals surface area contributed by atoms with Gasteiger partial charge in [-0.1, -0.05) is 0 Å². The van der Waals surface area contributed by atoms with Crippen LogP contribution in [-0.4, -0.2) is 56.4 Å². The number of urea groups is 1. The number of aromatic nitrogens is 4. The molecule has 1 fully saturated rings. The third-order valence-corrected chi connectivity index (χ3v) is 4.15. The number of carbonyl (C=O) groups is 1. The maximum Gasteiger partial charge on any atom is 0.317 e. The van der Waals surface area contributed by atoms with Crippen molar-refractivity contribution in [1.29, 1.82) is 0 Å². The summed E-state index contributed by atoms with van der Waals surface area (Å²) in [4.78, 5) is 22.2. The summed E-state index contributed by atoms with van der Waals surface area (Å²) in [7, 11) is 0. The molecule has 2 amide bonds. The van der Waals surface area contributed by atoms with Crippen LogP contribution in [0.5, 0.6) is 6.01 Å². The van der Waals surface area contributed by atoms with E-state index in [1.165, 1.54) is 0 Å². The van der Waals surface area contributed by atoms with Gasteiger partial charge in [0.2, 0.25) is 0 Å². The second kappa shape index (κ2) is 8.46. The zero-order valence-corrected chi connectivity index (χ0v) is 14.5. The number of hydrogen-bond acceptors (Lipinski definition) is 5. The lowest BCUT2D eigenvalue weighted by Gasteiger charge is -2.31. The predicted octanol–water partition coefficient (Wildman–Crippen LogP) is 1.62. The van der Waals surface area contributed by atoms with Crippen LogP contribution in [0.2, 0.25) is 0 Å². The van der Waals surface area contributed by atoms with Crippen molar-refractivity contribution in [2.45, 2.75) is 38.8 Å². The van der Waals surface area contributed by atoms with Crippen LogP contribution in [0, 0.1) is 6.92 Å². The van der Waals surface area contributed by atoms with E-state index in [9.17, 15) is 4.79 Å². The number of ether oxygens (including phenoxy) is 1. The van der Waals surface area contributed by atoms with E-state index in [4.69, 9.17) is 4.74 Å². The topological polar surface area (TPSA) is 85.2 Å². The van der Waals surface area contributed by atoms with Crippen LogP contribution in [0.15, 0.2) is 30.9 Å². The van der Waals surface area contributed by atoms with E-state index in [-0.39, 0.29) is 12.1 Å². The molecule has 0 atom stereocenters. The molecule has 1 aliphatic rings. The molecule has 1 saturated heterocycles. The van der Waals surface area contributed by atoms with Crippen molar-refractivity contribution in [3.05, 3.63) is 36.4 Å². The van der Waals surface area contributed by atoms with E-state index >= 15 is 0 Å². The molecule has 0 aromatic carbocycles. The number of nitrogens with one attached hydrogen (secondary N) is 1. The largest absolute Gasteiger partial charge is 0.460 e. The highest BCUT2D eigenvalue weighted by Gasteiger charge is 2.24. The van der Waals surface area contributed by atoms with Gasteiger partial charge in [-0.3, -0.25) is 4.68 Å². The number of hydrogen-bond donors (Lipinski definition) is 1. The minimum absolute atomic E-state index is 0.00828. The lowest BCUT2D eigenvalue weighted by molar-refractivity contribution is 0.103. The first-order chi connectivity index (χ1) is 12.2. The average Bonchev–Trinajstić information content (AvgIpc) is 3.05. The average molecular weight is 344 g/mol. The first kappa shape index (κ1) is 17.2. The van der Waals surface area contributed by atoms with Crippen molar-refractivity contribution < 1.29 is 9.53 Å². The molecule has 3 heterocycles. The Hall–Kier alpha value is -2.64. The SMILES string of the molecule is Cc1cnn(CCCNC(=O)N2CCC(Oc3ncccn3)CC2)c1. The van der Waals surface area contributed by atoms with Gasteiger partial charge in [0, 0.05) is 57.6 Å². The molecule has 1 N–H and O–H groups in total. The molecule has 0 spiro atoms. The minimum Gasteiger partial charge on any atom is -0.460 e. The highest BCUT2D eigenvalue weighted by atomic mass is 16.5. The molecule has 134 valence electrons. The number of likely N-dealkylation sites (tertiary alicyclic amines) is 1. The number of carbonyl (C=O) groups excluding carboxylic acids is 1. The van der Waals surface area contributed by atoms with Crippen LogP contribution >= 0.6 is 0 Å². The van der Waals surface area contributed by atoms with E-state index in [1.807, 2.05) is 28.9 Å². The van der Waals surface area contributed by atoms with Crippen molar-refractivity contribution in [3.8, 4) is 6.01 Å². The van der Waals surface area contributed by atoms with E-state index < -0.39 is 0 Å². The first-order valence-corrected chi connectivity index (χ1v) is 8.66. The van der Waals surface area contributed by atoms with Crippen LogP contribution in [0.1, 0.15) is 24.8 Å². The van der Waals surface area contributed by atoms with E-state index in [0.717, 1.165) is 31.4 Å². The molecule has 0 saturated carbocycles. The summed E-state index contributed by atoms with van der Waals surface area (Å²) in [5.74, 6) is 0. The second-order valence-electron chi connectivity index (χ2n) is 6.20. The quantitative estimate of drug-likeness (QED) is 0.805. The summed E-state index contributed by atoms with van der Waals surface area (Å²) >= 11 is 0. The lowest BCUT2D eigenvalue weighted by atomic mass is 10.1. The van der Waals surface area contributed by atoms with Crippen molar-refractivity contribution in [3.63, 3.8) is 0 Å². The Morgan fingerprint density at radius 2 is 2.08 bits per heavy atom. The van der Waals surface area contributed by atoms with Gasteiger partial charge in [0.05, 0.1) is 6.20 Å². The Kier molecular flexibility index (Phi) is 5.81. The van der Waals surface area contributed by atoms with Crippen molar-refractivity contribution in [2.75, 3.05) is 19.6 Å². The maximum atomic E-state index is 12.2. The lowest BCUT2D eigenvalue weighted by Crippen LogP contribution is -2.46. The minimum atomic E-state index is -0.00828. The summed E-state index contributed by atoms with van der Waals surface area (Å²) in [6, 6.07) is 2.15. The van der Waals surface area contributed by atoms with Gasteiger partial charge in [0.1, 0.15) is 6.10 Å². The highest BCUT2D eigenvalue weighted by molar-refractivity contribution is 5.74. The second-order valence-corrected chi connectivity index (χ2v) is 6.20. The number of nitrogens with zero attached hydrogens (tertiary/aromatic N) is 5. The van der Waals surface area contributed by atoms with Gasteiger partial charge in [-0.2, -0.15) is 5.10 Å². The summed E-state index contributed by atoms with van der Waals surface area (Å²) in [5, 5.41) is 7.21. The van der Waals surface area contributed by atoms with Crippen molar-refractivity contribution in [2.24, 2.45) is 0 Å². The normalized spacial score (nSPS) is 15.2. The molecule has 8 heteroatoms. The van der Waals surface area contributed by atoms with Crippen LogP contribution in [0.3, 0.4) is 0 Å². The van der Waals surface area contributed by atoms with Crippen molar-refractivity contribution in [1.82, 2.24) is 30.0 Å². The van der Waals surface area contributed by atoms with Gasteiger partial charge in [-0.05, 0) is 25.0 Å². The Labute approximate surface area is 147 Å². The van der Waals surface area contributed by atoms with E-state index in [1.54, 1.807) is 18.5 Å². The molecule has 8 nitrogen and oxygen atoms in total. The van der Waals surface area contributed by atoms with Gasteiger partial charge in [-0.25, -0.2) is 14.8 Å². The third kappa shape index (κ3) is 5.17. The van der Waals surface area contributed by atoms with Crippen molar-refractivity contribution >= 4 is 6.03 Å². The summed E-state index contributed by atoms with van der Waals surface area (Å²) < 4.78 is 7.64. The molecule has 3 rings (SSSR count). The number of piperidine rings is 1. The molecule has 0 aliphatic carbocycles. The Morgan fingerprint density at radius 1 is 1.32 bits per heavy atom. The van der Waals surface area contributed by atoms with E-state index in [2.05, 4.69) is 20.4 Å². The fourth-order valence-electron chi connectivity index (χ4n) is 2.81. The Bertz CT molecular complexity index is 667. The highest BCUT2D eigenvalue weighted by Crippen LogP contribution is 2.15. The van der Waals surface area contributed by atoms with Gasteiger partial charge in [-0.15, -0.1) is 0 Å². The van der Waals surface area contributed by atoms with Crippen LogP contribution < -0.4 is 10.1 Å². The van der Waals surface area contributed by atoms with Crippen LogP contribution in [-0.2, 0) is 6.54 Å². The zero-order chi connectivity index (χ0) is 17.5. The van der Waals surface area contributed by atoms with E-state index in [0.29, 0.717) is 25.6 Å². The molecule has 25 heavy (non-hydrogen) atoms. The monoisotopic (exact) mass is 344 g/mol. The molecule has 1 aliphatic heterocycles. The van der Waals surface area contributed by atoms with Gasteiger partial charge in [0.25, 0.3) is 0 Å². The third-order valence-electron chi connectivity index (χ3n) is 4.15.